The molecule has 2 heterocycles. The molecule has 2 aromatic heterocycles. The molecule has 0 aliphatic rings. The molecule has 398 valence electrons. The van der Waals surface area contributed by atoms with Crippen molar-refractivity contribution in [2.75, 3.05) is 4.90 Å². The third-order valence-electron chi connectivity index (χ3n) is 17.1. The minimum atomic E-state index is 1.10. The predicted octanol–water partition coefficient (Wildman–Crippen LogP) is 22.5. The van der Waals surface area contributed by atoms with Gasteiger partial charge in [0.05, 0.1) is 22.1 Å². The molecule has 0 N–H and O–H groups in total. The Kier molecular flexibility index (Phi) is 12.2. The molecule has 0 aliphatic carbocycles. The summed E-state index contributed by atoms with van der Waals surface area (Å²) >= 11 is 0. The summed E-state index contributed by atoms with van der Waals surface area (Å²) in [5, 5.41) is 7.34. The molecule has 0 saturated heterocycles. The maximum absolute atomic E-state index is 2.41. The number of hydrogen-bond acceptors (Lipinski definition) is 1. The van der Waals surface area contributed by atoms with Crippen molar-refractivity contribution in [1.82, 2.24) is 9.13 Å². The van der Waals surface area contributed by atoms with Gasteiger partial charge in [-0.2, -0.15) is 0 Å². The summed E-state index contributed by atoms with van der Waals surface area (Å²) in [6.45, 7) is 0. The first-order chi connectivity index (χ1) is 42.1. The van der Waals surface area contributed by atoms with Gasteiger partial charge in [0.1, 0.15) is 0 Å². The van der Waals surface area contributed by atoms with Crippen LogP contribution in [0.2, 0.25) is 0 Å². The van der Waals surface area contributed by atoms with E-state index in [1.54, 1.807) is 0 Å². The fraction of sp³-hybridized carbons (Fsp3) is 0. The molecule has 3 nitrogen and oxygen atoms in total. The molecule has 14 aromatic carbocycles. The van der Waals surface area contributed by atoms with Gasteiger partial charge >= 0.3 is 0 Å². The Morgan fingerprint density at radius 2 is 0.506 bits per heavy atom. The van der Waals surface area contributed by atoms with Crippen molar-refractivity contribution in [3.8, 4) is 78.1 Å². The highest BCUT2D eigenvalue weighted by Crippen LogP contribution is 2.42. The summed E-state index contributed by atoms with van der Waals surface area (Å²) in [5.74, 6) is 0. The van der Waals surface area contributed by atoms with Crippen LogP contribution < -0.4 is 4.90 Å². The molecule has 0 aliphatic heterocycles. The first-order valence-corrected chi connectivity index (χ1v) is 29.2. The highest BCUT2D eigenvalue weighted by atomic mass is 15.1. The summed E-state index contributed by atoms with van der Waals surface area (Å²) in [6.07, 6.45) is 0. The van der Waals surface area contributed by atoms with E-state index in [1.807, 2.05) is 0 Å². The van der Waals surface area contributed by atoms with Crippen molar-refractivity contribution in [3.63, 3.8) is 0 Å². The van der Waals surface area contributed by atoms with Crippen LogP contribution in [-0.4, -0.2) is 9.13 Å². The van der Waals surface area contributed by atoms with Crippen molar-refractivity contribution in [2.24, 2.45) is 0 Å². The number of para-hydroxylation sites is 3. The second-order valence-electron chi connectivity index (χ2n) is 22.1. The number of hydrogen-bond donors (Lipinski definition) is 0. The van der Waals surface area contributed by atoms with E-state index in [1.165, 1.54) is 87.8 Å². The molecule has 0 bridgehead atoms. The first kappa shape index (κ1) is 49.5. The Labute approximate surface area is 494 Å². The summed E-state index contributed by atoms with van der Waals surface area (Å²) in [5.41, 5.74) is 24.5. The lowest BCUT2D eigenvalue weighted by Gasteiger charge is -2.26. The van der Waals surface area contributed by atoms with Crippen LogP contribution in [0.15, 0.2) is 334 Å². The Morgan fingerprint density at radius 1 is 0.176 bits per heavy atom. The lowest BCUT2D eigenvalue weighted by molar-refractivity contribution is 1.18. The molecule has 0 unspecified atom stereocenters. The molecule has 0 amide bonds. The van der Waals surface area contributed by atoms with Crippen LogP contribution in [0.4, 0.5) is 17.1 Å². The van der Waals surface area contributed by atoms with Gasteiger partial charge in [0, 0.05) is 50.0 Å². The van der Waals surface area contributed by atoms with E-state index in [9.17, 15) is 0 Å². The zero-order valence-corrected chi connectivity index (χ0v) is 46.6. The van der Waals surface area contributed by atoms with Crippen LogP contribution in [0, 0.1) is 0 Å². The highest BCUT2D eigenvalue weighted by molar-refractivity contribution is 6.12. The monoisotopic (exact) mass is 1080 g/mol. The average Bonchev–Trinajstić information content (AvgIpc) is 2.37. The fourth-order valence-electron chi connectivity index (χ4n) is 12.9. The van der Waals surface area contributed by atoms with Crippen molar-refractivity contribution in [2.45, 2.75) is 0 Å². The van der Waals surface area contributed by atoms with E-state index >= 15 is 0 Å². The van der Waals surface area contributed by atoms with Crippen molar-refractivity contribution in [1.29, 1.82) is 0 Å². The summed E-state index contributed by atoms with van der Waals surface area (Å²) < 4.78 is 4.82. The number of aromatic nitrogens is 2. The molecule has 85 heavy (non-hydrogen) atoms. The maximum Gasteiger partial charge on any atom is 0.0541 e. The third-order valence-corrected chi connectivity index (χ3v) is 17.1. The maximum atomic E-state index is 2.41. The van der Waals surface area contributed by atoms with E-state index in [-0.39, 0.29) is 0 Å². The smallest absolute Gasteiger partial charge is 0.0541 e. The predicted molar refractivity (Wildman–Crippen MR) is 360 cm³/mol. The van der Waals surface area contributed by atoms with Gasteiger partial charge in [0.15, 0.2) is 0 Å². The normalized spacial score (nSPS) is 11.5. The highest BCUT2D eigenvalue weighted by Gasteiger charge is 2.19. The summed E-state index contributed by atoms with van der Waals surface area (Å²) in [6, 6.07) is 122. The molecule has 0 atom stereocenters. The van der Waals surface area contributed by atoms with Crippen LogP contribution in [0.3, 0.4) is 0 Å². The fourth-order valence-corrected chi connectivity index (χ4v) is 12.9. The average molecular weight is 1080 g/mol. The van der Waals surface area contributed by atoms with Gasteiger partial charge in [-0.1, -0.05) is 218 Å². The van der Waals surface area contributed by atoms with Crippen molar-refractivity contribution in [3.05, 3.63) is 334 Å². The summed E-state index contributed by atoms with van der Waals surface area (Å²) in [4.78, 5) is 2.34. The Balaban J connectivity index is 0.795. The number of nitrogens with zero attached hydrogens (tertiary/aromatic N) is 3. The van der Waals surface area contributed by atoms with Crippen LogP contribution >= 0.6 is 0 Å². The molecule has 3 heteroatoms. The molecule has 0 fully saturated rings. The molecule has 0 spiro atoms. The molecular formula is C82H55N3. The Hall–Kier alpha value is -11.3. The second-order valence-corrected chi connectivity index (χ2v) is 22.1. The largest absolute Gasteiger partial charge is 0.310 e. The van der Waals surface area contributed by atoms with Gasteiger partial charge in [0.25, 0.3) is 0 Å². The van der Waals surface area contributed by atoms with E-state index < -0.39 is 0 Å². The van der Waals surface area contributed by atoms with Crippen LogP contribution in [0.5, 0.6) is 0 Å². The van der Waals surface area contributed by atoms with E-state index in [2.05, 4.69) is 348 Å². The lowest BCUT2D eigenvalue weighted by Crippen LogP contribution is -2.09. The van der Waals surface area contributed by atoms with Crippen molar-refractivity contribution < 1.29 is 0 Å². The van der Waals surface area contributed by atoms with Gasteiger partial charge in [-0.15, -0.1) is 0 Å². The van der Waals surface area contributed by atoms with Gasteiger partial charge < -0.3 is 14.0 Å². The summed E-state index contributed by atoms with van der Waals surface area (Å²) in [7, 11) is 0. The molecule has 0 radical (unpaired) electrons. The quantitative estimate of drug-likeness (QED) is 0.126. The minimum Gasteiger partial charge on any atom is -0.310 e. The first-order valence-electron chi connectivity index (χ1n) is 29.2. The van der Waals surface area contributed by atoms with E-state index in [0.717, 1.165) is 61.8 Å². The number of anilines is 3. The molecular weight excluding hydrogens is 1030 g/mol. The van der Waals surface area contributed by atoms with E-state index in [4.69, 9.17) is 0 Å². The minimum absolute atomic E-state index is 1.10. The second kappa shape index (κ2) is 20.9. The SMILES string of the molecule is c1ccc(-c2ccc(-n3c4ccccc4c4cc(-c5cc(-c6ccc(-c7ccc(N(c8ccccc8)c8ccc9ccccc9c8)cc7)cc6)cc(-c6ccc7c(c6)c6ccccc6n7-c6ccc(-c7ccccc7)cc6)c5)ccc43)cc2)cc1. The standard InChI is InChI=1S/C82H55N3/c1-4-16-56(17-5-1)60-34-43-72(44-35-60)84-79-26-14-12-24-75(79)77-54-65(39-48-81(77)84)68-50-67(51-69(52-68)66-40-49-82-78(55-66)76-25-13-15-27-80(76)85(82)73-45-36-61(37-46-73)57-18-6-2-7-19-57)63-30-28-59(29-31-63)62-32-41-71(42-33-62)83(70-22-8-3-9-23-70)74-47-38-58-20-10-11-21-64(58)53-74/h1-55H. The molecule has 16 aromatic rings. The van der Waals surface area contributed by atoms with Gasteiger partial charge in [-0.05, 0) is 193 Å². The van der Waals surface area contributed by atoms with Crippen LogP contribution in [-0.2, 0) is 0 Å². The van der Waals surface area contributed by atoms with Crippen LogP contribution in [0.1, 0.15) is 0 Å². The number of benzene rings is 14. The Morgan fingerprint density at radius 3 is 1.00 bits per heavy atom. The Bertz CT molecular complexity index is 4900. The third kappa shape index (κ3) is 9.03. The molecule has 0 saturated carbocycles. The lowest BCUT2D eigenvalue weighted by atomic mass is 9.91. The zero-order chi connectivity index (χ0) is 56.2. The van der Waals surface area contributed by atoms with Crippen molar-refractivity contribution >= 4 is 71.4 Å². The zero-order valence-electron chi connectivity index (χ0n) is 46.6. The van der Waals surface area contributed by atoms with Gasteiger partial charge in [0.2, 0.25) is 0 Å². The molecule has 16 rings (SSSR count). The van der Waals surface area contributed by atoms with Gasteiger partial charge in [-0.25, -0.2) is 0 Å². The number of fused-ring (bicyclic) bond motifs is 7. The van der Waals surface area contributed by atoms with E-state index in [0.29, 0.717) is 0 Å². The topological polar surface area (TPSA) is 13.1 Å². The number of rotatable bonds is 11. The van der Waals surface area contributed by atoms with Gasteiger partial charge in [-0.3, -0.25) is 0 Å². The van der Waals surface area contributed by atoms with Crippen LogP contribution in [0.25, 0.3) is 133 Å².